The lowest BCUT2D eigenvalue weighted by atomic mass is 9.98. The SMILES string of the molecule is CCCCC(CC)C(=O)NCCCN(C(=O)c1cc([N+](=O)[O-])cc([N+](=O)[O-])c1)c1ccccc1. The predicted octanol–water partition coefficient (Wildman–Crippen LogP) is 4.87. The molecule has 1 unspecified atom stereocenters. The van der Waals surface area contributed by atoms with Gasteiger partial charge in [0.15, 0.2) is 0 Å². The van der Waals surface area contributed by atoms with Crippen molar-refractivity contribution in [2.24, 2.45) is 5.92 Å². The topological polar surface area (TPSA) is 136 Å². The monoisotopic (exact) mass is 470 g/mol. The maximum atomic E-state index is 13.3. The van der Waals surface area contributed by atoms with Crippen molar-refractivity contribution in [1.29, 1.82) is 0 Å². The van der Waals surface area contributed by atoms with Crippen molar-refractivity contribution in [1.82, 2.24) is 5.32 Å². The molecule has 0 aliphatic carbocycles. The van der Waals surface area contributed by atoms with Crippen LogP contribution in [-0.2, 0) is 4.79 Å². The van der Waals surface area contributed by atoms with Crippen molar-refractivity contribution in [3.8, 4) is 0 Å². The molecule has 0 heterocycles. The maximum absolute atomic E-state index is 13.3. The Balaban J connectivity index is 2.18. The van der Waals surface area contributed by atoms with Crippen LogP contribution in [0.4, 0.5) is 17.1 Å². The van der Waals surface area contributed by atoms with Crippen molar-refractivity contribution >= 4 is 28.9 Å². The molecule has 182 valence electrons. The smallest absolute Gasteiger partial charge is 0.277 e. The molecule has 2 rings (SSSR count). The van der Waals surface area contributed by atoms with Crippen LogP contribution < -0.4 is 10.2 Å². The first-order valence-corrected chi connectivity index (χ1v) is 11.4. The average molecular weight is 471 g/mol. The summed E-state index contributed by atoms with van der Waals surface area (Å²) in [6.45, 7) is 4.63. The summed E-state index contributed by atoms with van der Waals surface area (Å²) in [6, 6.07) is 11.6. The van der Waals surface area contributed by atoms with Gasteiger partial charge in [-0.1, -0.05) is 44.9 Å². The van der Waals surface area contributed by atoms with E-state index in [1.165, 1.54) is 4.90 Å². The summed E-state index contributed by atoms with van der Waals surface area (Å²) in [5.41, 5.74) is -0.673. The molecule has 0 bridgehead atoms. The number of carbonyl (C=O) groups excluding carboxylic acids is 2. The minimum absolute atomic E-state index is 0.0113. The molecule has 2 aromatic carbocycles. The summed E-state index contributed by atoms with van der Waals surface area (Å²) in [5.74, 6) is -0.654. The van der Waals surface area contributed by atoms with Gasteiger partial charge < -0.3 is 10.2 Å². The van der Waals surface area contributed by atoms with Gasteiger partial charge in [0.05, 0.1) is 21.5 Å². The van der Waals surface area contributed by atoms with E-state index < -0.39 is 27.1 Å². The number of para-hydroxylation sites is 1. The van der Waals surface area contributed by atoms with Gasteiger partial charge >= 0.3 is 0 Å². The van der Waals surface area contributed by atoms with Gasteiger partial charge in [-0.3, -0.25) is 29.8 Å². The van der Waals surface area contributed by atoms with Crippen LogP contribution in [0.1, 0.15) is 56.3 Å². The van der Waals surface area contributed by atoms with E-state index in [9.17, 15) is 29.8 Å². The lowest BCUT2D eigenvalue weighted by Crippen LogP contribution is -2.36. The number of unbranched alkanes of at least 4 members (excludes halogenated alkanes) is 1. The first kappa shape index (κ1) is 26.4. The zero-order chi connectivity index (χ0) is 25.1. The minimum atomic E-state index is -0.769. The maximum Gasteiger partial charge on any atom is 0.277 e. The zero-order valence-corrected chi connectivity index (χ0v) is 19.4. The van der Waals surface area contributed by atoms with E-state index in [0.29, 0.717) is 18.7 Å². The highest BCUT2D eigenvalue weighted by molar-refractivity contribution is 6.06. The molecule has 0 radical (unpaired) electrons. The van der Waals surface area contributed by atoms with Crippen LogP contribution in [0.5, 0.6) is 0 Å². The average Bonchev–Trinajstić information content (AvgIpc) is 2.84. The highest BCUT2D eigenvalue weighted by atomic mass is 16.6. The second kappa shape index (κ2) is 13.0. The molecule has 0 aromatic heterocycles. The van der Waals surface area contributed by atoms with E-state index in [1.54, 1.807) is 30.3 Å². The van der Waals surface area contributed by atoms with Crippen LogP contribution >= 0.6 is 0 Å². The Labute approximate surface area is 198 Å². The number of nitrogens with zero attached hydrogens (tertiary/aromatic N) is 3. The lowest BCUT2D eigenvalue weighted by molar-refractivity contribution is -0.394. The van der Waals surface area contributed by atoms with Gasteiger partial charge in [0.1, 0.15) is 0 Å². The third kappa shape index (κ3) is 7.36. The fourth-order valence-corrected chi connectivity index (χ4v) is 3.61. The number of nitro groups is 2. The lowest BCUT2D eigenvalue weighted by Gasteiger charge is -2.23. The number of rotatable bonds is 13. The number of amides is 2. The third-order valence-electron chi connectivity index (χ3n) is 5.51. The molecule has 1 atom stereocenters. The van der Waals surface area contributed by atoms with Crippen LogP contribution in [-0.4, -0.2) is 34.8 Å². The van der Waals surface area contributed by atoms with Gasteiger partial charge in [0.25, 0.3) is 17.3 Å². The van der Waals surface area contributed by atoms with E-state index in [1.807, 2.05) is 6.92 Å². The molecule has 0 saturated heterocycles. The van der Waals surface area contributed by atoms with E-state index in [-0.39, 0.29) is 23.9 Å². The molecule has 2 aromatic rings. The number of nitrogens with one attached hydrogen (secondary N) is 1. The standard InChI is InChI=1S/C24H30N4O6/c1-3-5-10-18(4-2)23(29)25-13-9-14-26(20-11-7-6-8-12-20)24(30)19-15-21(27(31)32)17-22(16-19)28(33)34/h6-8,11-12,15-18H,3-5,9-10,13-14H2,1-2H3,(H,25,29). The highest BCUT2D eigenvalue weighted by Gasteiger charge is 2.24. The van der Waals surface area contributed by atoms with Gasteiger partial charge in [-0.2, -0.15) is 0 Å². The number of non-ortho nitro benzene ring substituents is 2. The fourth-order valence-electron chi connectivity index (χ4n) is 3.61. The molecule has 0 saturated carbocycles. The van der Waals surface area contributed by atoms with Gasteiger partial charge in [-0.05, 0) is 31.4 Å². The molecular formula is C24H30N4O6. The molecule has 0 aliphatic rings. The largest absolute Gasteiger partial charge is 0.356 e. The molecule has 0 fully saturated rings. The highest BCUT2D eigenvalue weighted by Crippen LogP contribution is 2.25. The van der Waals surface area contributed by atoms with Crippen molar-refractivity contribution < 1.29 is 19.4 Å². The molecule has 10 nitrogen and oxygen atoms in total. The van der Waals surface area contributed by atoms with Crippen LogP contribution in [0, 0.1) is 26.1 Å². The fraction of sp³-hybridized carbons (Fsp3) is 0.417. The number of hydrogen-bond acceptors (Lipinski definition) is 6. The van der Waals surface area contributed by atoms with Crippen molar-refractivity contribution in [3.63, 3.8) is 0 Å². The Hall–Kier alpha value is -3.82. The number of nitro benzene ring substituents is 2. The molecule has 10 heteroatoms. The minimum Gasteiger partial charge on any atom is -0.356 e. The molecule has 0 aliphatic heterocycles. The van der Waals surface area contributed by atoms with Crippen LogP contribution in [0.15, 0.2) is 48.5 Å². The zero-order valence-electron chi connectivity index (χ0n) is 19.4. The van der Waals surface area contributed by atoms with Gasteiger partial charge in [0.2, 0.25) is 5.91 Å². The molecule has 0 spiro atoms. The summed E-state index contributed by atoms with van der Waals surface area (Å²) < 4.78 is 0. The van der Waals surface area contributed by atoms with E-state index in [0.717, 1.165) is 43.9 Å². The molecular weight excluding hydrogens is 440 g/mol. The number of anilines is 1. The predicted molar refractivity (Wildman–Crippen MR) is 129 cm³/mol. The second-order valence-electron chi connectivity index (χ2n) is 7.94. The van der Waals surface area contributed by atoms with Gasteiger partial charge in [-0.25, -0.2) is 0 Å². The van der Waals surface area contributed by atoms with Gasteiger partial charge in [0, 0.05) is 36.8 Å². The third-order valence-corrected chi connectivity index (χ3v) is 5.51. The molecule has 1 N–H and O–H groups in total. The first-order valence-electron chi connectivity index (χ1n) is 11.4. The van der Waals surface area contributed by atoms with Crippen molar-refractivity contribution in [2.45, 2.75) is 46.0 Å². The van der Waals surface area contributed by atoms with E-state index in [2.05, 4.69) is 12.2 Å². The number of benzene rings is 2. The number of hydrogen-bond donors (Lipinski definition) is 1. The summed E-state index contributed by atoms with van der Waals surface area (Å²) in [5, 5.41) is 25.4. The van der Waals surface area contributed by atoms with Crippen LogP contribution in [0.3, 0.4) is 0 Å². The summed E-state index contributed by atoms with van der Waals surface area (Å²) in [4.78, 5) is 48.0. The van der Waals surface area contributed by atoms with E-state index in [4.69, 9.17) is 0 Å². The summed E-state index contributed by atoms with van der Waals surface area (Å²) >= 11 is 0. The van der Waals surface area contributed by atoms with Crippen molar-refractivity contribution in [2.75, 3.05) is 18.0 Å². The van der Waals surface area contributed by atoms with Crippen LogP contribution in [0.2, 0.25) is 0 Å². The van der Waals surface area contributed by atoms with E-state index >= 15 is 0 Å². The van der Waals surface area contributed by atoms with Crippen LogP contribution in [0.25, 0.3) is 0 Å². The summed E-state index contributed by atoms with van der Waals surface area (Å²) in [7, 11) is 0. The normalized spacial score (nSPS) is 11.5. The first-order chi connectivity index (χ1) is 16.3. The Morgan fingerprint density at radius 3 is 2.12 bits per heavy atom. The Bertz CT molecular complexity index is 980. The molecule has 34 heavy (non-hydrogen) atoms. The van der Waals surface area contributed by atoms with Crippen molar-refractivity contribution in [3.05, 3.63) is 74.3 Å². The Morgan fingerprint density at radius 1 is 0.971 bits per heavy atom. The quantitative estimate of drug-likeness (QED) is 0.252. The Kier molecular flexibility index (Phi) is 10.1. The number of carbonyl (C=O) groups is 2. The van der Waals surface area contributed by atoms with Gasteiger partial charge in [-0.15, -0.1) is 0 Å². The second-order valence-corrected chi connectivity index (χ2v) is 7.94. The molecule has 2 amide bonds. The summed E-state index contributed by atoms with van der Waals surface area (Å²) in [6.07, 6.45) is 4.03. The Morgan fingerprint density at radius 2 is 1.59 bits per heavy atom.